The molecule has 0 unspecified atom stereocenters. The number of ether oxygens (including phenoxy) is 1. The predicted octanol–water partition coefficient (Wildman–Crippen LogP) is 2.81. The number of aromatic nitrogens is 2. The van der Waals surface area contributed by atoms with Crippen LogP contribution >= 0.6 is 0 Å². The van der Waals surface area contributed by atoms with Crippen LogP contribution in [0.3, 0.4) is 0 Å². The Morgan fingerprint density at radius 2 is 1.63 bits per heavy atom. The summed E-state index contributed by atoms with van der Waals surface area (Å²) in [6.45, 7) is 0. The highest BCUT2D eigenvalue weighted by Crippen LogP contribution is 2.18. The van der Waals surface area contributed by atoms with E-state index in [0.717, 1.165) is 0 Å². The molecule has 0 amide bonds. The number of hydrogen-bond donors (Lipinski definition) is 2. The van der Waals surface area contributed by atoms with Crippen LogP contribution in [0.4, 0.5) is 17.3 Å². The van der Waals surface area contributed by atoms with Crippen molar-refractivity contribution in [1.82, 2.24) is 10.2 Å². The van der Waals surface area contributed by atoms with Crippen molar-refractivity contribution in [3.05, 3.63) is 72.3 Å². The van der Waals surface area contributed by atoms with Gasteiger partial charge in [0, 0.05) is 5.69 Å². The zero-order valence-electron chi connectivity index (χ0n) is 14.3. The lowest BCUT2D eigenvalue weighted by Gasteiger charge is -2.09. The van der Waals surface area contributed by atoms with E-state index in [9.17, 15) is 13.2 Å². The van der Waals surface area contributed by atoms with Crippen molar-refractivity contribution in [1.29, 1.82) is 0 Å². The third kappa shape index (κ3) is 4.59. The van der Waals surface area contributed by atoms with Crippen LogP contribution < -0.4 is 10.0 Å². The minimum Gasteiger partial charge on any atom is -0.465 e. The molecule has 0 saturated carbocycles. The van der Waals surface area contributed by atoms with Crippen LogP contribution in [0.25, 0.3) is 0 Å². The first-order valence-corrected chi connectivity index (χ1v) is 9.33. The lowest BCUT2D eigenvalue weighted by molar-refractivity contribution is 0.0601. The fraction of sp³-hybridized carbons (Fsp3) is 0.0556. The summed E-state index contributed by atoms with van der Waals surface area (Å²) in [5, 5.41) is 10.8. The average molecular weight is 384 g/mol. The van der Waals surface area contributed by atoms with E-state index in [0.29, 0.717) is 17.1 Å². The Balaban J connectivity index is 1.72. The van der Waals surface area contributed by atoms with E-state index in [1.165, 1.54) is 25.3 Å². The third-order valence-electron chi connectivity index (χ3n) is 3.51. The smallest absolute Gasteiger partial charge is 0.337 e. The van der Waals surface area contributed by atoms with E-state index in [1.807, 2.05) is 0 Å². The first-order valence-electron chi connectivity index (χ1n) is 7.85. The Labute approximate surface area is 156 Å². The molecule has 1 heterocycles. The molecule has 3 aromatic rings. The molecule has 1 aromatic heterocycles. The molecule has 138 valence electrons. The number of carbonyl (C=O) groups is 1. The predicted molar refractivity (Wildman–Crippen MR) is 100 cm³/mol. The van der Waals surface area contributed by atoms with Gasteiger partial charge in [0.1, 0.15) is 0 Å². The molecule has 0 bridgehead atoms. The fourth-order valence-electron chi connectivity index (χ4n) is 2.24. The summed E-state index contributed by atoms with van der Waals surface area (Å²) in [6, 6.07) is 17.7. The number of benzene rings is 2. The number of nitrogens with zero attached hydrogens (tertiary/aromatic N) is 2. The average Bonchev–Trinajstić information content (AvgIpc) is 2.69. The van der Waals surface area contributed by atoms with Gasteiger partial charge < -0.3 is 10.1 Å². The molecule has 0 aliphatic carbocycles. The lowest BCUT2D eigenvalue weighted by atomic mass is 10.2. The van der Waals surface area contributed by atoms with Gasteiger partial charge in [-0.25, -0.2) is 13.2 Å². The second-order valence-electron chi connectivity index (χ2n) is 5.42. The number of hydrogen-bond acceptors (Lipinski definition) is 7. The van der Waals surface area contributed by atoms with Crippen LogP contribution in [0.1, 0.15) is 10.4 Å². The Hall–Kier alpha value is -3.46. The molecule has 0 atom stereocenters. The quantitative estimate of drug-likeness (QED) is 0.629. The molecule has 0 fully saturated rings. The Kier molecular flexibility index (Phi) is 5.32. The minimum absolute atomic E-state index is 0.0905. The van der Waals surface area contributed by atoms with E-state index in [2.05, 4.69) is 25.0 Å². The number of esters is 1. The first-order chi connectivity index (χ1) is 13.0. The van der Waals surface area contributed by atoms with Crippen molar-refractivity contribution in [2.45, 2.75) is 4.90 Å². The van der Waals surface area contributed by atoms with E-state index in [4.69, 9.17) is 0 Å². The Morgan fingerprint density at radius 3 is 2.30 bits per heavy atom. The lowest BCUT2D eigenvalue weighted by Crippen LogP contribution is -2.14. The van der Waals surface area contributed by atoms with Crippen LogP contribution in [0.5, 0.6) is 0 Å². The van der Waals surface area contributed by atoms with E-state index >= 15 is 0 Å². The van der Waals surface area contributed by atoms with Crippen LogP contribution in [-0.4, -0.2) is 31.7 Å². The zero-order valence-corrected chi connectivity index (χ0v) is 15.1. The van der Waals surface area contributed by atoms with Gasteiger partial charge >= 0.3 is 5.97 Å². The number of carbonyl (C=O) groups excluding carboxylic acids is 1. The second kappa shape index (κ2) is 7.83. The Morgan fingerprint density at radius 1 is 0.926 bits per heavy atom. The fourth-order valence-corrected chi connectivity index (χ4v) is 3.26. The van der Waals surface area contributed by atoms with Gasteiger partial charge in [-0.05, 0) is 42.5 Å². The molecule has 0 aliphatic rings. The summed E-state index contributed by atoms with van der Waals surface area (Å²) in [7, 11) is -2.42. The van der Waals surface area contributed by atoms with E-state index in [-0.39, 0.29) is 10.7 Å². The largest absolute Gasteiger partial charge is 0.465 e. The summed E-state index contributed by atoms with van der Waals surface area (Å²) in [6.07, 6.45) is 0. The maximum absolute atomic E-state index is 12.3. The van der Waals surface area contributed by atoms with Gasteiger partial charge in [0.2, 0.25) is 0 Å². The van der Waals surface area contributed by atoms with E-state index < -0.39 is 16.0 Å². The molecule has 0 spiro atoms. The third-order valence-corrected chi connectivity index (χ3v) is 4.88. The topological polar surface area (TPSA) is 110 Å². The maximum atomic E-state index is 12.3. The van der Waals surface area contributed by atoms with Gasteiger partial charge in [-0.15, -0.1) is 10.2 Å². The van der Waals surface area contributed by atoms with Crippen LogP contribution in [-0.2, 0) is 14.8 Å². The number of methoxy groups -OCH3 is 1. The molecule has 0 aliphatic heterocycles. The first kappa shape index (κ1) is 18.3. The summed E-state index contributed by atoms with van der Waals surface area (Å²) in [5.74, 6) is 0.0304. The molecule has 2 N–H and O–H groups in total. The zero-order chi connectivity index (χ0) is 19.3. The summed E-state index contributed by atoms with van der Waals surface area (Å²) < 4.78 is 31.6. The molecule has 0 saturated heterocycles. The van der Waals surface area contributed by atoms with Crippen molar-refractivity contribution in [3.8, 4) is 0 Å². The van der Waals surface area contributed by atoms with Gasteiger partial charge in [0.05, 0.1) is 17.6 Å². The van der Waals surface area contributed by atoms with Gasteiger partial charge in [-0.1, -0.05) is 24.3 Å². The molecular weight excluding hydrogens is 368 g/mol. The number of rotatable bonds is 6. The van der Waals surface area contributed by atoms with Crippen LogP contribution in [0, 0.1) is 0 Å². The van der Waals surface area contributed by atoms with Crippen molar-refractivity contribution in [2.24, 2.45) is 0 Å². The Bertz CT molecular complexity index is 1040. The van der Waals surface area contributed by atoms with E-state index in [1.54, 1.807) is 48.5 Å². The molecule has 27 heavy (non-hydrogen) atoms. The highest BCUT2D eigenvalue weighted by molar-refractivity contribution is 7.92. The molecule has 3 rings (SSSR count). The maximum Gasteiger partial charge on any atom is 0.337 e. The highest BCUT2D eigenvalue weighted by Gasteiger charge is 2.14. The van der Waals surface area contributed by atoms with Gasteiger partial charge in [0.15, 0.2) is 11.6 Å². The highest BCUT2D eigenvalue weighted by atomic mass is 32.2. The van der Waals surface area contributed by atoms with Gasteiger partial charge in [-0.3, -0.25) is 4.72 Å². The number of anilines is 3. The molecule has 8 nitrogen and oxygen atoms in total. The number of sulfonamides is 1. The van der Waals surface area contributed by atoms with Crippen LogP contribution in [0.15, 0.2) is 71.6 Å². The van der Waals surface area contributed by atoms with Crippen molar-refractivity contribution >= 4 is 33.3 Å². The molecule has 2 aromatic carbocycles. The number of nitrogens with one attached hydrogen (secondary N) is 2. The normalized spacial score (nSPS) is 10.9. The molecule has 0 radical (unpaired) electrons. The standard InChI is InChI=1S/C18H16N4O4S/c1-26-18(23)13-6-5-7-14(12-13)19-16-10-11-17(21-20-16)22-27(24,25)15-8-3-2-4-9-15/h2-12H,1H3,(H,19,20)(H,21,22). The van der Waals surface area contributed by atoms with Crippen molar-refractivity contribution in [2.75, 3.05) is 17.1 Å². The second-order valence-corrected chi connectivity index (χ2v) is 7.10. The minimum atomic E-state index is -3.73. The monoisotopic (exact) mass is 384 g/mol. The molecule has 9 heteroatoms. The van der Waals surface area contributed by atoms with Gasteiger partial charge in [-0.2, -0.15) is 0 Å². The van der Waals surface area contributed by atoms with Crippen molar-refractivity contribution in [3.63, 3.8) is 0 Å². The van der Waals surface area contributed by atoms with Gasteiger partial charge in [0.25, 0.3) is 10.0 Å². The summed E-state index contributed by atoms with van der Waals surface area (Å²) in [4.78, 5) is 11.7. The van der Waals surface area contributed by atoms with Crippen molar-refractivity contribution < 1.29 is 17.9 Å². The SMILES string of the molecule is COC(=O)c1cccc(Nc2ccc(NS(=O)(=O)c3ccccc3)nn2)c1. The summed E-state index contributed by atoms with van der Waals surface area (Å²) >= 11 is 0. The molecular formula is C18H16N4O4S. The summed E-state index contributed by atoms with van der Waals surface area (Å²) in [5.41, 5.74) is 1.01. The van der Waals surface area contributed by atoms with Crippen LogP contribution in [0.2, 0.25) is 0 Å².